The number of rotatable bonds is 5. The van der Waals surface area contributed by atoms with Crippen LogP contribution in [0.15, 0.2) is 53.2 Å². The number of nitrogens with zero attached hydrogens (tertiary/aromatic N) is 5. The van der Waals surface area contributed by atoms with Crippen LogP contribution in [0, 0.1) is 0 Å². The van der Waals surface area contributed by atoms with Crippen LogP contribution in [0.5, 0.6) is 0 Å². The number of carbonyl (C=O) groups is 1. The van der Waals surface area contributed by atoms with Gasteiger partial charge in [0.15, 0.2) is 11.5 Å². The molecule has 1 N–H and O–H groups in total. The van der Waals surface area contributed by atoms with E-state index in [4.69, 9.17) is 5.10 Å². The second kappa shape index (κ2) is 7.16. The van der Waals surface area contributed by atoms with Gasteiger partial charge in [-0.3, -0.25) is 4.79 Å². The molecule has 0 radical (unpaired) electrons. The van der Waals surface area contributed by atoms with Crippen LogP contribution >= 0.6 is 11.3 Å². The van der Waals surface area contributed by atoms with Crippen LogP contribution in [-0.2, 0) is 6.54 Å². The van der Waals surface area contributed by atoms with Crippen LogP contribution in [0.1, 0.15) is 15.9 Å². The number of amides is 1. The Hall–Kier alpha value is -3.26. The van der Waals surface area contributed by atoms with E-state index in [-0.39, 0.29) is 5.91 Å². The lowest BCUT2D eigenvalue weighted by Gasteiger charge is -2.18. The van der Waals surface area contributed by atoms with Crippen LogP contribution in [0.25, 0.3) is 17.0 Å². The van der Waals surface area contributed by atoms with Gasteiger partial charge in [0.05, 0.1) is 0 Å². The van der Waals surface area contributed by atoms with E-state index in [1.807, 2.05) is 65.2 Å². The second-order valence-corrected chi connectivity index (χ2v) is 6.91. The quantitative estimate of drug-likeness (QED) is 0.578. The predicted molar refractivity (Wildman–Crippen MR) is 106 cm³/mol. The van der Waals surface area contributed by atoms with E-state index in [1.54, 1.807) is 22.9 Å². The molecular weight excluding hydrogens is 360 g/mol. The molecule has 0 spiro atoms. The van der Waals surface area contributed by atoms with Crippen molar-refractivity contribution in [3.63, 3.8) is 0 Å². The van der Waals surface area contributed by atoms with Crippen LogP contribution < -0.4 is 10.2 Å². The fraction of sp³-hybridized carbons (Fsp3) is 0.158. The van der Waals surface area contributed by atoms with E-state index < -0.39 is 0 Å². The molecule has 0 aliphatic heterocycles. The van der Waals surface area contributed by atoms with Crippen molar-refractivity contribution in [3.05, 3.63) is 64.4 Å². The molecule has 0 atom stereocenters. The largest absolute Gasteiger partial charge is 0.355 e. The first-order chi connectivity index (χ1) is 13.2. The SMILES string of the molecule is CNC(=O)c1ccc(CN(C)c2ccc3nnc(-c4ccsc4)n3n2)cc1. The number of hydrogen-bond acceptors (Lipinski definition) is 6. The lowest BCUT2D eigenvalue weighted by Crippen LogP contribution is -2.20. The summed E-state index contributed by atoms with van der Waals surface area (Å²) in [6, 6.07) is 13.4. The van der Waals surface area contributed by atoms with E-state index in [0.29, 0.717) is 17.8 Å². The molecule has 3 aromatic heterocycles. The van der Waals surface area contributed by atoms with E-state index in [1.165, 1.54) is 0 Å². The highest BCUT2D eigenvalue weighted by Crippen LogP contribution is 2.22. The summed E-state index contributed by atoms with van der Waals surface area (Å²) in [4.78, 5) is 13.7. The first-order valence-corrected chi connectivity index (χ1v) is 9.37. The Morgan fingerprint density at radius 3 is 2.67 bits per heavy atom. The van der Waals surface area contributed by atoms with Crippen molar-refractivity contribution in [3.8, 4) is 11.4 Å². The Bertz CT molecular complexity index is 1070. The number of thiophene rings is 1. The van der Waals surface area contributed by atoms with Gasteiger partial charge >= 0.3 is 0 Å². The topological polar surface area (TPSA) is 75.4 Å². The Morgan fingerprint density at radius 1 is 1.15 bits per heavy atom. The molecule has 136 valence electrons. The molecule has 4 aromatic rings. The Labute approximate surface area is 160 Å². The summed E-state index contributed by atoms with van der Waals surface area (Å²) >= 11 is 1.62. The number of aromatic nitrogens is 4. The van der Waals surface area contributed by atoms with Crippen molar-refractivity contribution < 1.29 is 4.79 Å². The molecule has 3 heterocycles. The van der Waals surface area contributed by atoms with Crippen LogP contribution in [0.3, 0.4) is 0 Å². The smallest absolute Gasteiger partial charge is 0.251 e. The third-order valence-electron chi connectivity index (χ3n) is 4.28. The molecule has 8 heteroatoms. The number of benzene rings is 1. The molecule has 0 saturated carbocycles. The molecule has 1 aromatic carbocycles. The highest BCUT2D eigenvalue weighted by Gasteiger charge is 2.12. The van der Waals surface area contributed by atoms with Crippen LogP contribution in [-0.4, -0.2) is 39.8 Å². The van der Waals surface area contributed by atoms with E-state index in [0.717, 1.165) is 22.8 Å². The monoisotopic (exact) mass is 378 g/mol. The summed E-state index contributed by atoms with van der Waals surface area (Å²) in [6.45, 7) is 0.669. The minimum atomic E-state index is -0.0874. The zero-order valence-corrected chi connectivity index (χ0v) is 15.8. The Kier molecular flexibility index (Phi) is 4.55. The van der Waals surface area contributed by atoms with Gasteiger partial charge in [-0.25, -0.2) is 0 Å². The third-order valence-corrected chi connectivity index (χ3v) is 4.97. The van der Waals surface area contributed by atoms with Crippen LogP contribution in [0.4, 0.5) is 5.82 Å². The molecule has 0 bridgehead atoms. The number of fused-ring (bicyclic) bond motifs is 1. The first kappa shape index (κ1) is 17.2. The summed E-state index contributed by atoms with van der Waals surface area (Å²) < 4.78 is 1.77. The van der Waals surface area contributed by atoms with Crippen molar-refractivity contribution in [2.45, 2.75) is 6.54 Å². The molecule has 0 aliphatic carbocycles. The normalized spacial score (nSPS) is 10.9. The fourth-order valence-corrected chi connectivity index (χ4v) is 3.45. The van der Waals surface area contributed by atoms with Crippen LogP contribution in [0.2, 0.25) is 0 Å². The van der Waals surface area contributed by atoms with E-state index in [2.05, 4.69) is 15.5 Å². The minimum absolute atomic E-state index is 0.0874. The highest BCUT2D eigenvalue weighted by atomic mass is 32.1. The maximum absolute atomic E-state index is 11.7. The lowest BCUT2D eigenvalue weighted by molar-refractivity contribution is 0.0963. The van der Waals surface area contributed by atoms with Gasteiger partial charge in [0.2, 0.25) is 0 Å². The van der Waals surface area contributed by atoms with Gasteiger partial charge in [-0.15, -0.1) is 15.3 Å². The summed E-state index contributed by atoms with van der Waals surface area (Å²) in [7, 11) is 3.61. The number of hydrogen-bond donors (Lipinski definition) is 1. The maximum Gasteiger partial charge on any atom is 0.251 e. The maximum atomic E-state index is 11.7. The zero-order chi connectivity index (χ0) is 18.8. The van der Waals surface area contributed by atoms with Crippen molar-refractivity contribution in [2.75, 3.05) is 19.0 Å². The fourth-order valence-electron chi connectivity index (χ4n) is 2.82. The van der Waals surface area contributed by atoms with Gasteiger partial charge in [0.25, 0.3) is 5.91 Å². The van der Waals surface area contributed by atoms with E-state index >= 15 is 0 Å². The number of anilines is 1. The van der Waals surface area contributed by atoms with Crippen molar-refractivity contribution in [1.82, 2.24) is 25.1 Å². The molecule has 4 rings (SSSR count). The standard InChI is InChI=1S/C19H18N6OS/c1-20-19(26)14-5-3-13(4-6-14)11-24(2)17-8-7-16-21-22-18(25(16)23-17)15-9-10-27-12-15/h3-10,12H,11H2,1-2H3,(H,20,26). The summed E-state index contributed by atoms with van der Waals surface area (Å²) in [5, 5.41) is 19.8. The van der Waals surface area contributed by atoms with Gasteiger partial charge in [-0.05, 0) is 41.3 Å². The molecule has 0 fully saturated rings. The number of nitrogens with one attached hydrogen (secondary N) is 1. The Balaban J connectivity index is 1.58. The Morgan fingerprint density at radius 2 is 1.96 bits per heavy atom. The van der Waals surface area contributed by atoms with Crippen molar-refractivity contribution in [2.24, 2.45) is 0 Å². The van der Waals surface area contributed by atoms with Crippen molar-refractivity contribution in [1.29, 1.82) is 0 Å². The first-order valence-electron chi connectivity index (χ1n) is 8.43. The van der Waals surface area contributed by atoms with Gasteiger partial charge in [-0.2, -0.15) is 15.9 Å². The predicted octanol–water partition coefficient (Wildman–Crippen LogP) is 2.85. The zero-order valence-electron chi connectivity index (χ0n) is 15.0. The van der Waals surface area contributed by atoms with Gasteiger partial charge in [0.1, 0.15) is 5.82 Å². The molecule has 7 nitrogen and oxygen atoms in total. The van der Waals surface area contributed by atoms with E-state index in [9.17, 15) is 4.79 Å². The minimum Gasteiger partial charge on any atom is -0.355 e. The summed E-state index contributed by atoms with van der Waals surface area (Å²) in [5.41, 5.74) is 3.45. The molecule has 0 saturated heterocycles. The summed E-state index contributed by atoms with van der Waals surface area (Å²) in [5.74, 6) is 1.46. The molecular formula is C19H18N6OS. The van der Waals surface area contributed by atoms with Gasteiger partial charge < -0.3 is 10.2 Å². The van der Waals surface area contributed by atoms with Crippen molar-refractivity contribution >= 4 is 28.7 Å². The lowest BCUT2D eigenvalue weighted by atomic mass is 10.1. The van der Waals surface area contributed by atoms with Gasteiger partial charge in [0, 0.05) is 37.1 Å². The third kappa shape index (κ3) is 3.39. The molecule has 27 heavy (non-hydrogen) atoms. The molecule has 0 unspecified atom stereocenters. The highest BCUT2D eigenvalue weighted by molar-refractivity contribution is 7.08. The number of carbonyl (C=O) groups excluding carboxylic acids is 1. The summed E-state index contributed by atoms with van der Waals surface area (Å²) in [6.07, 6.45) is 0. The average Bonchev–Trinajstić information content (AvgIpc) is 3.36. The molecule has 1 amide bonds. The molecule has 0 aliphatic rings. The van der Waals surface area contributed by atoms with Gasteiger partial charge in [-0.1, -0.05) is 12.1 Å². The second-order valence-electron chi connectivity index (χ2n) is 6.13. The average molecular weight is 378 g/mol.